The summed E-state index contributed by atoms with van der Waals surface area (Å²) in [5, 5.41) is 2.28. The number of carbonyl (C=O) groups excluding carboxylic acids is 2. The van der Waals surface area contributed by atoms with Gasteiger partial charge in [-0.3, -0.25) is 0 Å². The van der Waals surface area contributed by atoms with Crippen LogP contribution in [0.15, 0.2) is 12.2 Å². The summed E-state index contributed by atoms with van der Waals surface area (Å²) in [4.78, 5) is 21.6. The Morgan fingerprint density at radius 3 is 2.50 bits per heavy atom. The zero-order chi connectivity index (χ0) is 11.1. The molecule has 0 saturated heterocycles. The molecule has 0 aromatic heterocycles. The van der Waals surface area contributed by atoms with E-state index >= 15 is 0 Å². The van der Waals surface area contributed by atoms with Crippen LogP contribution >= 0.6 is 0 Å². The van der Waals surface area contributed by atoms with Crippen molar-refractivity contribution in [3.8, 4) is 0 Å². The molecule has 1 unspecified atom stereocenters. The topological polar surface area (TPSA) is 64.6 Å². The Hall–Kier alpha value is -1.52. The smallest absolute Gasteiger partial charge is 0.406 e. The number of rotatable bonds is 4. The zero-order valence-electron chi connectivity index (χ0n) is 8.62. The largest absolute Gasteiger partial charge is 0.456 e. The van der Waals surface area contributed by atoms with E-state index in [1.807, 2.05) is 0 Å². The fraction of sp³-hybridized carbons (Fsp3) is 0.556. The highest BCUT2D eigenvalue weighted by atomic mass is 16.6. The number of hydrogen-bond acceptors (Lipinski definition) is 4. The summed E-state index contributed by atoms with van der Waals surface area (Å²) in [6, 6.07) is 0. The van der Waals surface area contributed by atoms with Gasteiger partial charge in [0.2, 0.25) is 0 Å². The molecular weight excluding hydrogens is 186 g/mol. The molecule has 0 spiro atoms. The fourth-order valence-electron chi connectivity index (χ4n) is 0.583. The van der Waals surface area contributed by atoms with Gasteiger partial charge in [-0.1, -0.05) is 6.58 Å². The number of esters is 1. The monoisotopic (exact) mass is 201 g/mol. The van der Waals surface area contributed by atoms with E-state index in [1.54, 1.807) is 13.8 Å². The molecule has 0 bridgehead atoms. The summed E-state index contributed by atoms with van der Waals surface area (Å²) < 4.78 is 9.54. The van der Waals surface area contributed by atoms with Crippen molar-refractivity contribution < 1.29 is 19.1 Å². The van der Waals surface area contributed by atoms with Crippen molar-refractivity contribution in [3.63, 3.8) is 0 Å². The van der Waals surface area contributed by atoms with Crippen LogP contribution in [0.3, 0.4) is 0 Å². The van der Waals surface area contributed by atoms with E-state index in [0.29, 0.717) is 5.57 Å². The first-order valence-corrected chi connectivity index (χ1v) is 4.18. The molecule has 1 N–H and O–H groups in total. The van der Waals surface area contributed by atoms with E-state index in [-0.39, 0.29) is 6.61 Å². The van der Waals surface area contributed by atoms with Crippen molar-refractivity contribution in [2.24, 2.45) is 0 Å². The van der Waals surface area contributed by atoms with Gasteiger partial charge in [0.05, 0.1) is 0 Å². The van der Waals surface area contributed by atoms with Gasteiger partial charge in [-0.2, -0.15) is 0 Å². The van der Waals surface area contributed by atoms with Crippen LogP contribution in [-0.2, 0) is 14.3 Å². The molecule has 5 nitrogen and oxygen atoms in total. The first-order valence-electron chi connectivity index (χ1n) is 4.18. The number of nitrogens with one attached hydrogen (secondary N) is 1. The van der Waals surface area contributed by atoms with Gasteiger partial charge < -0.3 is 14.8 Å². The van der Waals surface area contributed by atoms with Gasteiger partial charge in [0.15, 0.2) is 0 Å². The molecule has 5 heteroatoms. The summed E-state index contributed by atoms with van der Waals surface area (Å²) in [6.45, 7) is 6.63. The number of ether oxygens (including phenoxy) is 2. The van der Waals surface area contributed by atoms with E-state index in [4.69, 9.17) is 4.74 Å². The van der Waals surface area contributed by atoms with Crippen LogP contribution in [0, 0.1) is 0 Å². The maximum atomic E-state index is 11.0. The maximum Gasteiger partial charge on any atom is 0.406 e. The molecule has 0 saturated carbocycles. The lowest BCUT2D eigenvalue weighted by Crippen LogP contribution is -2.26. The second-order valence-electron chi connectivity index (χ2n) is 2.84. The van der Waals surface area contributed by atoms with E-state index in [0.717, 1.165) is 0 Å². The molecule has 0 radical (unpaired) electrons. The first-order chi connectivity index (χ1) is 6.47. The summed E-state index contributed by atoms with van der Waals surface area (Å²) in [6.07, 6.45) is -1.03. The van der Waals surface area contributed by atoms with Gasteiger partial charge in [-0.25, -0.2) is 9.59 Å². The van der Waals surface area contributed by atoms with Crippen LogP contribution in [0.25, 0.3) is 0 Å². The van der Waals surface area contributed by atoms with Gasteiger partial charge >= 0.3 is 12.1 Å². The second kappa shape index (κ2) is 6.01. The number of amides is 1. The van der Waals surface area contributed by atoms with Crippen molar-refractivity contribution in [3.05, 3.63) is 12.2 Å². The highest BCUT2D eigenvalue weighted by molar-refractivity contribution is 5.87. The Kier molecular flexibility index (Phi) is 5.36. The third-order valence-electron chi connectivity index (χ3n) is 1.31. The van der Waals surface area contributed by atoms with Crippen LogP contribution in [0.2, 0.25) is 0 Å². The Morgan fingerprint density at radius 1 is 1.50 bits per heavy atom. The van der Waals surface area contributed by atoms with Gasteiger partial charge in [-0.05, 0) is 13.8 Å². The molecule has 1 amide bonds. The van der Waals surface area contributed by atoms with Crippen LogP contribution in [0.4, 0.5) is 4.79 Å². The second-order valence-corrected chi connectivity index (χ2v) is 2.84. The van der Waals surface area contributed by atoms with Crippen molar-refractivity contribution >= 4 is 12.1 Å². The predicted octanol–water partition coefficient (Wildman–Crippen LogP) is 0.850. The van der Waals surface area contributed by atoms with Crippen LogP contribution in [0.1, 0.15) is 13.8 Å². The van der Waals surface area contributed by atoms with Gasteiger partial charge in [0, 0.05) is 12.6 Å². The molecule has 0 fully saturated rings. The molecule has 14 heavy (non-hydrogen) atoms. The molecule has 0 heterocycles. The van der Waals surface area contributed by atoms with Crippen LogP contribution in [0.5, 0.6) is 0 Å². The highest BCUT2D eigenvalue weighted by Gasteiger charge is 2.11. The van der Waals surface area contributed by atoms with Gasteiger partial charge in [0.25, 0.3) is 0 Å². The Labute approximate surface area is 83.1 Å². The minimum atomic E-state index is -0.553. The summed E-state index contributed by atoms with van der Waals surface area (Å²) in [5.41, 5.74) is 0.316. The first kappa shape index (κ1) is 12.5. The average Bonchev–Trinajstić information content (AvgIpc) is 2.13. The standard InChI is InChI=1S/C9H15NO4/c1-6(2)8(11)14-7(3)5-13-9(12)10-4/h7H,1,5H2,2-4H3,(H,10,12). The van der Waals surface area contributed by atoms with Crippen molar-refractivity contribution in [2.45, 2.75) is 20.0 Å². The normalized spacial score (nSPS) is 11.4. The minimum Gasteiger partial charge on any atom is -0.456 e. The quantitative estimate of drug-likeness (QED) is 0.541. The van der Waals surface area contributed by atoms with Gasteiger partial charge in [0.1, 0.15) is 12.7 Å². The molecule has 0 aliphatic rings. The molecule has 0 aliphatic heterocycles. The minimum absolute atomic E-state index is 0.0265. The average molecular weight is 201 g/mol. The van der Waals surface area contributed by atoms with Crippen molar-refractivity contribution in [1.82, 2.24) is 5.32 Å². The van der Waals surface area contributed by atoms with Gasteiger partial charge in [-0.15, -0.1) is 0 Å². The Balaban J connectivity index is 3.76. The molecular formula is C9H15NO4. The molecule has 0 aliphatic carbocycles. The molecule has 0 aromatic carbocycles. The highest BCUT2D eigenvalue weighted by Crippen LogP contribution is 1.98. The van der Waals surface area contributed by atoms with Crippen LogP contribution in [-0.4, -0.2) is 31.8 Å². The Morgan fingerprint density at radius 2 is 2.07 bits per heavy atom. The lowest BCUT2D eigenvalue weighted by atomic mass is 10.3. The van der Waals surface area contributed by atoms with E-state index in [2.05, 4.69) is 16.6 Å². The summed E-state index contributed by atoms with van der Waals surface area (Å²) in [5.74, 6) is -0.488. The summed E-state index contributed by atoms with van der Waals surface area (Å²) >= 11 is 0. The van der Waals surface area contributed by atoms with E-state index in [1.165, 1.54) is 7.05 Å². The third-order valence-corrected chi connectivity index (χ3v) is 1.31. The SMILES string of the molecule is C=C(C)C(=O)OC(C)COC(=O)NC. The number of carbonyl (C=O) groups is 2. The Bertz CT molecular complexity index is 237. The molecule has 80 valence electrons. The molecule has 0 aromatic rings. The number of alkyl carbamates (subject to hydrolysis) is 1. The number of hydrogen-bond donors (Lipinski definition) is 1. The van der Waals surface area contributed by atoms with Crippen LogP contribution < -0.4 is 5.32 Å². The van der Waals surface area contributed by atoms with Crippen molar-refractivity contribution in [2.75, 3.05) is 13.7 Å². The lowest BCUT2D eigenvalue weighted by Gasteiger charge is -2.12. The molecule has 1 atom stereocenters. The predicted molar refractivity (Wildman–Crippen MR) is 50.8 cm³/mol. The lowest BCUT2D eigenvalue weighted by molar-refractivity contribution is -0.145. The zero-order valence-corrected chi connectivity index (χ0v) is 8.62. The third kappa shape index (κ3) is 5.18. The summed E-state index contributed by atoms with van der Waals surface area (Å²) in [7, 11) is 1.45. The van der Waals surface area contributed by atoms with E-state index < -0.39 is 18.2 Å². The maximum absolute atomic E-state index is 11.0. The molecule has 0 rings (SSSR count). The van der Waals surface area contributed by atoms with Crippen molar-refractivity contribution in [1.29, 1.82) is 0 Å². The fourth-order valence-corrected chi connectivity index (χ4v) is 0.583. The van der Waals surface area contributed by atoms with E-state index in [9.17, 15) is 9.59 Å².